The Morgan fingerprint density at radius 1 is 0.792 bits per heavy atom. The Morgan fingerprint density at radius 2 is 1.40 bits per heavy atom. The van der Waals surface area contributed by atoms with Crippen LogP contribution in [0.1, 0.15) is 61.5 Å². The lowest BCUT2D eigenvalue weighted by Crippen LogP contribution is -2.42. The molecule has 2 bridgehead atoms. The van der Waals surface area contributed by atoms with Gasteiger partial charge in [0.15, 0.2) is 23.0 Å². The number of Topliss-reactive ketones (excluding diaryl/α,β-unsaturated/α-hetero) is 1. The van der Waals surface area contributed by atoms with Crippen LogP contribution in [0.2, 0.25) is 0 Å². The van der Waals surface area contributed by atoms with Crippen LogP contribution in [0.15, 0.2) is 97.1 Å². The number of benzene rings is 4. The molecule has 3 N–H and O–H groups in total. The van der Waals surface area contributed by atoms with Gasteiger partial charge in [-0.2, -0.15) is 8.42 Å². The van der Waals surface area contributed by atoms with Crippen LogP contribution in [0.3, 0.4) is 0 Å². The molecule has 0 saturated heterocycles. The Labute approximate surface area is 313 Å². The van der Waals surface area contributed by atoms with Crippen LogP contribution in [0, 0.1) is 16.7 Å². The number of hydrogen-bond donors (Lipinski definition) is 3. The Balaban J connectivity index is 0.000000300. The van der Waals surface area contributed by atoms with Crippen molar-refractivity contribution >= 4 is 15.9 Å². The van der Waals surface area contributed by atoms with E-state index in [0.29, 0.717) is 62.1 Å². The minimum absolute atomic E-state index is 0.0152. The first-order valence-corrected chi connectivity index (χ1v) is 19.5. The summed E-state index contributed by atoms with van der Waals surface area (Å²) < 4.78 is 53.9. The molecule has 6 rings (SSSR count). The zero-order chi connectivity index (χ0) is 38.1. The summed E-state index contributed by atoms with van der Waals surface area (Å²) in [4.78, 5) is 11.9. The molecule has 2 aliphatic rings. The maximum Gasteiger partial charge on any atom is 0.265 e. The highest BCUT2D eigenvalue weighted by molar-refractivity contribution is 7.85. The standard InChI is InChI=1S/C32H35NO5.C10H16O4S/c1-35-29-15-13-24(19-31(29)36-2)17-18-33-21-28(34)27-14-16-30(37-22-25-9-5-3-6-10-25)32(20-27)38-23-26-11-7-4-8-12-26;1-9(2)7-3-4-10(9,8(11)5-7)6-15(12,13)14/h3-16,19-20,28,33-34H,17-18,21-23H2,1-2H3;7H,3-6H2,1-2H3,(H,12,13,14). The molecular formula is C42H51NO9S. The largest absolute Gasteiger partial charge is 0.493 e. The summed E-state index contributed by atoms with van der Waals surface area (Å²) in [5.41, 5.74) is 2.90. The Hall–Kier alpha value is -4.42. The van der Waals surface area contributed by atoms with E-state index >= 15 is 0 Å². The average molecular weight is 746 g/mol. The predicted octanol–water partition coefficient (Wildman–Crippen LogP) is 7.00. The van der Waals surface area contributed by atoms with E-state index in [4.69, 9.17) is 23.5 Å². The van der Waals surface area contributed by atoms with Gasteiger partial charge in [-0.3, -0.25) is 9.35 Å². The van der Waals surface area contributed by atoms with E-state index in [0.717, 1.165) is 35.1 Å². The molecule has 284 valence electrons. The van der Waals surface area contributed by atoms with Gasteiger partial charge < -0.3 is 29.4 Å². The lowest BCUT2D eigenvalue weighted by atomic mass is 9.70. The molecule has 0 aliphatic heterocycles. The number of hydrogen-bond acceptors (Lipinski definition) is 9. The number of methoxy groups -OCH3 is 2. The summed E-state index contributed by atoms with van der Waals surface area (Å²) >= 11 is 0. The van der Waals surface area contributed by atoms with Crippen molar-refractivity contribution < 1.29 is 41.8 Å². The molecule has 0 spiro atoms. The van der Waals surface area contributed by atoms with Gasteiger partial charge in [-0.05, 0) is 83.7 Å². The normalized spacial score (nSPS) is 19.2. The molecule has 3 unspecified atom stereocenters. The maximum absolute atomic E-state index is 11.9. The summed E-state index contributed by atoms with van der Waals surface area (Å²) in [5, 5.41) is 14.2. The van der Waals surface area contributed by atoms with Gasteiger partial charge in [0.25, 0.3) is 10.1 Å². The smallest absolute Gasteiger partial charge is 0.265 e. The minimum atomic E-state index is -4.08. The van der Waals surface area contributed by atoms with E-state index in [2.05, 4.69) is 5.32 Å². The Bertz CT molecular complexity index is 1920. The van der Waals surface area contributed by atoms with Gasteiger partial charge in [0.2, 0.25) is 0 Å². The molecule has 0 aromatic heterocycles. The van der Waals surface area contributed by atoms with E-state index < -0.39 is 27.4 Å². The SMILES string of the molecule is CC1(C)C2CCC1(CS(=O)(=O)O)C(=O)C2.COc1ccc(CCNCC(O)c2ccc(OCc3ccccc3)c(OCc3ccccc3)c2)cc1OC. The number of aliphatic hydroxyl groups excluding tert-OH is 1. The van der Waals surface area contributed by atoms with Crippen LogP contribution in [0.4, 0.5) is 0 Å². The van der Waals surface area contributed by atoms with E-state index in [-0.39, 0.29) is 17.1 Å². The molecule has 2 saturated carbocycles. The number of ether oxygens (including phenoxy) is 4. The molecule has 2 aliphatic carbocycles. The van der Waals surface area contributed by atoms with Crippen LogP contribution in [-0.2, 0) is 34.5 Å². The van der Waals surface area contributed by atoms with E-state index in [9.17, 15) is 18.3 Å². The second-order valence-corrected chi connectivity index (χ2v) is 15.8. The number of aliphatic hydroxyl groups is 1. The van der Waals surface area contributed by atoms with Crippen molar-refractivity contribution in [1.29, 1.82) is 0 Å². The summed E-state index contributed by atoms with van der Waals surface area (Å²) in [6, 6.07) is 31.5. The van der Waals surface area contributed by atoms with Gasteiger partial charge in [0, 0.05) is 13.0 Å². The molecule has 53 heavy (non-hydrogen) atoms. The number of ketones is 1. The topological polar surface area (TPSA) is 141 Å². The third kappa shape index (κ3) is 9.97. The van der Waals surface area contributed by atoms with Gasteiger partial charge in [-0.15, -0.1) is 0 Å². The fraction of sp³-hybridized carbons (Fsp3) is 0.405. The zero-order valence-corrected chi connectivity index (χ0v) is 31.7. The number of fused-ring (bicyclic) bond motifs is 2. The fourth-order valence-corrected chi connectivity index (χ4v) is 8.78. The lowest BCUT2D eigenvalue weighted by Gasteiger charge is -2.35. The highest BCUT2D eigenvalue weighted by atomic mass is 32.2. The monoisotopic (exact) mass is 745 g/mol. The second kappa shape index (κ2) is 17.6. The van der Waals surface area contributed by atoms with Crippen molar-refractivity contribution in [3.63, 3.8) is 0 Å². The van der Waals surface area contributed by atoms with E-state index in [1.54, 1.807) is 14.2 Å². The Morgan fingerprint density at radius 3 is 1.94 bits per heavy atom. The van der Waals surface area contributed by atoms with Crippen molar-refractivity contribution in [1.82, 2.24) is 5.32 Å². The van der Waals surface area contributed by atoms with Crippen molar-refractivity contribution in [3.8, 4) is 23.0 Å². The third-order valence-corrected chi connectivity index (χ3v) is 11.6. The van der Waals surface area contributed by atoms with Crippen LogP contribution in [0.5, 0.6) is 23.0 Å². The zero-order valence-electron chi connectivity index (χ0n) is 30.9. The first-order valence-electron chi connectivity index (χ1n) is 17.9. The summed E-state index contributed by atoms with van der Waals surface area (Å²) in [5.74, 6) is 2.56. The van der Waals surface area contributed by atoms with Gasteiger partial charge >= 0.3 is 0 Å². The molecule has 2 fully saturated rings. The fourth-order valence-electron chi connectivity index (χ4n) is 7.48. The molecule has 4 aromatic carbocycles. The molecule has 0 heterocycles. The van der Waals surface area contributed by atoms with Crippen LogP contribution in [-0.4, -0.2) is 56.9 Å². The minimum Gasteiger partial charge on any atom is -0.493 e. The molecule has 10 nitrogen and oxygen atoms in total. The summed E-state index contributed by atoms with van der Waals surface area (Å²) in [7, 11) is -0.820. The quantitative estimate of drug-likeness (QED) is 0.0812. The molecule has 3 atom stereocenters. The van der Waals surface area contributed by atoms with Gasteiger partial charge in [-0.25, -0.2) is 0 Å². The molecular weight excluding hydrogens is 695 g/mol. The predicted molar refractivity (Wildman–Crippen MR) is 204 cm³/mol. The maximum atomic E-state index is 11.9. The van der Waals surface area contributed by atoms with Gasteiger partial charge in [-0.1, -0.05) is 86.6 Å². The highest BCUT2D eigenvalue weighted by Gasteiger charge is 2.65. The van der Waals surface area contributed by atoms with E-state index in [1.165, 1.54) is 0 Å². The van der Waals surface area contributed by atoms with Gasteiger partial charge in [0.05, 0.1) is 31.5 Å². The van der Waals surface area contributed by atoms with E-state index in [1.807, 2.05) is 111 Å². The van der Waals surface area contributed by atoms with Crippen LogP contribution < -0.4 is 24.3 Å². The highest BCUT2D eigenvalue weighted by Crippen LogP contribution is 2.64. The van der Waals surface area contributed by atoms with Gasteiger partial charge in [0.1, 0.15) is 19.0 Å². The number of carbonyl (C=O) groups excluding carboxylic acids is 1. The second-order valence-electron chi connectivity index (χ2n) is 14.3. The lowest BCUT2D eigenvalue weighted by molar-refractivity contribution is -0.128. The van der Waals surface area contributed by atoms with Crippen LogP contribution in [0.25, 0.3) is 0 Å². The first kappa shape index (κ1) is 39.8. The molecule has 0 amide bonds. The molecule has 4 aromatic rings. The molecule has 11 heteroatoms. The number of carbonyl (C=O) groups is 1. The number of nitrogens with one attached hydrogen (secondary N) is 1. The molecule has 0 radical (unpaired) electrons. The summed E-state index contributed by atoms with van der Waals surface area (Å²) in [6.07, 6.45) is 2.08. The van der Waals surface area contributed by atoms with Crippen molar-refractivity contribution in [2.45, 2.75) is 58.8 Å². The first-order chi connectivity index (χ1) is 25.3. The summed E-state index contributed by atoms with van der Waals surface area (Å²) in [6.45, 7) is 5.85. The van der Waals surface area contributed by atoms with Crippen molar-refractivity contribution in [3.05, 3.63) is 119 Å². The Kier molecular flexibility index (Phi) is 13.2. The third-order valence-electron chi connectivity index (χ3n) is 10.8. The number of rotatable bonds is 16. The van der Waals surface area contributed by atoms with Crippen molar-refractivity contribution in [2.24, 2.45) is 16.7 Å². The van der Waals surface area contributed by atoms with Crippen molar-refractivity contribution in [2.75, 3.05) is 33.1 Å². The average Bonchev–Trinajstić information content (AvgIpc) is 3.49. The van der Waals surface area contributed by atoms with Crippen LogP contribution >= 0.6 is 0 Å².